The Bertz CT molecular complexity index is 1150. The van der Waals surface area contributed by atoms with Gasteiger partial charge in [-0.25, -0.2) is 0 Å². The van der Waals surface area contributed by atoms with E-state index in [2.05, 4.69) is 31.3 Å². The number of hydrogen-bond acceptors (Lipinski definition) is 5. The molecule has 0 spiro atoms. The molecule has 0 aromatic heterocycles. The van der Waals surface area contributed by atoms with Gasteiger partial charge in [0.25, 0.3) is 0 Å². The van der Waals surface area contributed by atoms with Gasteiger partial charge in [0.1, 0.15) is 0 Å². The van der Waals surface area contributed by atoms with Crippen molar-refractivity contribution in [2.75, 3.05) is 13.2 Å². The number of ether oxygens (including phenoxy) is 1. The molecule has 0 rings (SSSR count). The quantitative estimate of drug-likeness (QED) is 0.0320. The smallest absolute Gasteiger partial charge is 0.305 e. The van der Waals surface area contributed by atoms with Gasteiger partial charge in [0.2, 0.25) is 5.91 Å². The van der Waals surface area contributed by atoms with Crippen LogP contribution < -0.4 is 5.32 Å². The topological polar surface area (TPSA) is 95.9 Å². The number of esters is 1. The maximum atomic E-state index is 12.5. The lowest BCUT2D eigenvalue weighted by Crippen LogP contribution is -2.45. The number of carbonyl (C=O) groups excluding carboxylic acids is 2. The summed E-state index contributed by atoms with van der Waals surface area (Å²) < 4.78 is 5.47. The normalized spacial score (nSPS) is 12.6. The number of amides is 1. The lowest BCUT2D eigenvalue weighted by molar-refractivity contribution is -0.143. The van der Waals surface area contributed by atoms with Gasteiger partial charge in [-0.1, -0.05) is 327 Å². The third-order valence-electron chi connectivity index (χ3n) is 15.7. The fourth-order valence-corrected chi connectivity index (χ4v) is 10.6. The lowest BCUT2D eigenvalue weighted by Gasteiger charge is -2.20. The van der Waals surface area contributed by atoms with Crippen LogP contribution in [0.25, 0.3) is 0 Å². The van der Waals surface area contributed by atoms with E-state index in [4.69, 9.17) is 4.74 Å². The van der Waals surface area contributed by atoms with Crippen LogP contribution in [0.2, 0.25) is 0 Å². The van der Waals surface area contributed by atoms with Crippen LogP contribution in [0.4, 0.5) is 0 Å². The largest absolute Gasteiger partial charge is 0.466 e. The van der Waals surface area contributed by atoms with Crippen molar-refractivity contribution in [3.8, 4) is 0 Å². The minimum Gasteiger partial charge on any atom is -0.466 e. The molecule has 0 aromatic carbocycles. The molecule has 0 aliphatic heterocycles. The number of nitrogens with one attached hydrogen (secondary N) is 1. The summed E-state index contributed by atoms with van der Waals surface area (Å²) in [6.45, 7) is 4.91. The van der Waals surface area contributed by atoms with Crippen LogP contribution in [0.1, 0.15) is 373 Å². The van der Waals surface area contributed by atoms with Crippen molar-refractivity contribution in [1.29, 1.82) is 0 Å². The van der Waals surface area contributed by atoms with Crippen molar-refractivity contribution in [3.05, 3.63) is 24.3 Å². The number of rotatable bonds is 63. The molecule has 1 amide bonds. The zero-order valence-electron chi connectivity index (χ0n) is 50.1. The standard InChI is InChI=1S/C68H131NO5/c1-3-5-7-9-11-13-15-17-18-19-20-21-25-28-31-34-37-40-44-48-52-56-60-66(71)65(64-70)69-67(72)61-57-53-49-45-41-38-35-32-29-26-23-22-24-27-30-33-36-39-43-47-51-55-59-63-74-68(73)62-58-54-50-46-42-16-14-12-10-8-6-4-2/h12,14,56,60,65-66,70-71H,3-11,13,15-55,57-59,61-64H2,1-2H3,(H,69,72)/b14-12-,60-56+. The average Bonchev–Trinajstić information content (AvgIpc) is 3.40. The Labute approximate surface area is 462 Å². The van der Waals surface area contributed by atoms with Gasteiger partial charge in [-0.2, -0.15) is 0 Å². The van der Waals surface area contributed by atoms with E-state index >= 15 is 0 Å². The SMILES string of the molecule is CCCCC/C=C\CCCCCCCC(=O)OCCCCCCCCCCCCCCCCCCCCCCCCCC(=O)NC(CO)C(O)/C=C/CCCCCCCCCCCCCCCCCCCCCC. The zero-order valence-corrected chi connectivity index (χ0v) is 50.1. The Hall–Kier alpha value is -1.66. The number of unbranched alkanes of at least 4 members (excludes halogenated alkanes) is 50. The highest BCUT2D eigenvalue weighted by Gasteiger charge is 2.18. The van der Waals surface area contributed by atoms with E-state index in [-0.39, 0.29) is 18.5 Å². The molecule has 2 atom stereocenters. The molecule has 0 heterocycles. The highest BCUT2D eigenvalue weighted by Crippen LogP contribution is 2.18. The molecular weight excluding hydrogens is 911 g/mol. The van der Waals surface area contributed by atoms with Gasteiger partial charge in [0, 0.05) is 12.8 Å². The number of carbonyl (C=O) groups is 2. The van der Waals surface area contributed by atoms with E-state index < -0.39 is 12.1 Å². The Morgan fingerprint density at radius 3 is 0.986 bits per heavy atom. The Kier molecular flexibility index (Phi) is 62.4. The molecule has 6 nitrogen and oxygen atoms in total. The second kappa shape index (κ2) is 63.9. The van der Waals surface area contributed by atoms with Gasteiger partial charge in [-0.15, -0.1) is 0 Å². The van der Waals surface area contributed by atoms with Gasteiger partial charge in [-0.05, 0) is 57.8 Å². The van der Waals surface area contributed by atoms with Gasteiger partial charge >= 0.3 is 5.97 Å². The Balaban J connectivity index is 3.41. The van der Waals surface area contributed by atoms with Crippen molar-refractivity contribution in [2.45, 2.75) is 386 Å². The number of allylic oxidation sites excluding steroid dienone is 3. The van der Waals surface area contributed by atoms with E-state index in [1.54, 1.807) is 6.08 Å². The molecule has 438 valence electrons. The van der Waals surface area contributed by atoms with E-state index in [1.165, 1.54) is 302 Å². The van der Waals surface area contributed by atoms with Crippen molar-refractivity contribution in [1.82, 2.24) is 5.32 Å². The number of hydrogen-bond donors (Lipinski definition) is 3. The highest BCUT2D eigenvalue weighted by atomic mass is 16.5. The zero-order chi connectivity index (χ0) is 53.6. The van der Waals surface area contributed by atoms with Crippen LogP contribution in [-0.2, 0) is 14.3 Å². The summed E-state index contributed by atoms with van der Waals surface area (Å²) in [5, 5.41) is 23.2. The summed E-state index contributed by atoms with van der Waals surface area (Å²) in [6.07, 6.45) is 79.5. The Morgan fingerprint density at radius 1 is 0.365 bits per heavy atom. The van der Waals surface area contributed by atoms with Crippen LogP contribution >= 0.6 is 0 Å². The molecule has 74 heavy (non-hydrogen) atoms. The summed E-state index contributed by atoms with van der Waals surface area (Å²) in [4.78, 5) is 24.5. The molecule has 3 N–H and O–H groups in total. The molecule has 0 bridgehead atoms. The minimum absolute atomic E-state index is 0.00438. The first kappa shape index (κ1) is 72.3. The third kappa shape index (κ3) is 59.6. The molecule has 0 radical (unpaired) electrons. The Morgan fingerprint density at radius 2 is 0.635 bits per heavy atom. The fraction of sp³-hybridized carbons (Fsp3) is 0.912. The molecule has 0 saturated heterocycles. The molecule has 6 heteroatoms. The van der Waals surface area contributed by atoms with Crippen LogP contribution in [0.5, 0.6) is 0 Å². The first-order chi connectivity index (χ1) is 36.5. The molecule has 0 aromatic rings. The molecular formula is C68H131NO5. The lowest BCUT2D eigenvalue weighted by atomic mass is 10.0. The van der Waals surface area contributed by atoms with Gasteiger partial charge in [-0.3, -0.25) is 9.59 Å². The first-order valence-electron chi connectivity index (χ1n) is 33.6. The summed E-state index contributed by atoms with van der Waals surface area (Å²) in [6, 6.07) is -0.628. The summed E-state index contributed by atoms with van der Waals surface area (Å²) in [7, 11) is 0. The molecule has 0 saturated carbocycles. The van der Waals surface area contributed by atoms with Crippen LogP contribution in [0.15, 0.2) is 24.3 Å². The second-order valence-electron chi connectivity index (χ2n) is 23.2. The van der Waals surface area contributed by atoms with Crippen molar-refractivity contribution in [3.63, 3.8) is 0 Å². The monoisotopic (exact) mass is 1040 g/mol. The van der Waals surface area contributed by atoms with Crippen LogP contribution in [0, 0.1) is 0 Å². The van der Waals surface area contributed by atoms with E-state index in [1.807, 2.05) is 6.08 Å². The van der Waals surface area contributed by atoms with Crippen LogP contribution in [-0.4, -0.2) is 47.4 Å². The maximum Gasteiger partial charge on any atom is 0.305 e. The van der Waals surface area contributed by atoms with Crippen molar-refractivity contribution in [2.24, 2.45) is 0 Å². The molecule has 0 fully saturated rings. The fourth-order valence-electron chi connectivity index (χ4n) is 10.6. The predicted molar refractivity (Wildman–Crippen MR) is 324 cm³/mol. The predicted octanol–water partition coefficient (Wildman–Crippen LogP) is 21.4. The highest BCUT2D eigenvalue weighted by molar-refractivity contribution is 5.76. The van der Waals surface area contributed by atoms with Crippen molar-refractivity contribution < 1.29 is 24.5 Å². The molecule has 0 aliphatic carbocycles. The summed E-state index contributed by atoms with van der Waals surface area (Å²) in [5.41, 5.74) is 0. The van der Waals surface area contributed by atoms with Gasteiger partial charge in [0.05, 0.1) is 25.4 Å². The van der Waals surface area contributed by atoms with Gasteiger partial charge in [0.15, 0.2) is 0 Å². The van der Waals surface area contributed by atoms with Gasteiger partial charge < -0.3 is 20.3 Å². The number of aliphatic hydroxyl groups excluding tert-OH is 2. The average molecular weight is 1040 g/mol. The maximum absolute atomic E-state index is 12.5. The van der Waals surface area contributed by atoms with Crippen molar-refractivity contribution >= 4 is 11.9 Å². The first-order valence-corrected chi connectivity index (χ1v) is 33.6. The minimum atomic E-state index is -0.845. The van der Waals surface area contributed by atoms with E-state index in [9.17, 15) is 19.8 Å². The van der Waals surface area contributed by atoms with Crippen LogP contribution in [0.3, 0.4) is 0 Å². The third-order valence-corrected chi connectivity index (χ3v) is 15.7. The summed E-state index contributed by atoms with van der Waals surface area (Å²) >= 11 is 0. The second-order valence-corrected chi connectivity index (χ2v) is 23.2. The van der Waals surface area contributed by atoms with E-state index in [0.29, 0.717) is 19.4 Å². The summed E-state index contributed by atoms with van der Waals surface area (Å²) in [5.74, 6) is -0.0593. The van der Waals surface area contributed by atoms with E-state index in [0.717, 1.165) is 44.9 Å². The number of aliphatic hydroxyl groups is 2. The molecule has 2 unspecified atom stereocenters. The molecule has 0 aliphatic rings.